The highest BCUT2D eigenvalue weighted by atomic mass is 15.3. The van der Waals surface area contributed by atoms with Crippen LogP contribution in [-0.4, -0.2) is 15.4 Å². The molecule has 0 spiro atoms. The van der Waals surface area contributed by atoms with Gasteiger partial charge in [0.25, 0.3) is 0 Å². The first kappa shape index (κ1) is 7.77. The molecule has 1 N–H and O–H groups in total. The minimum atomic E-state index is 0.773. The molecule has 12 heavy (non-hydrogen) atoms. The van der Waals surface area contributed by atoms with Crippen molar-refractivity contribution in [2.24, 2.45) is 11.8 Å². The number of hydrogen-bond donors (Lipinski definition) is 1. The molecule has 1 aromatic heterocycles. The Bertz CT molecular complexity index is 264. The van der Waals surface area contributed by atoms with E-state index in [1.165, 1.54) is 17.8 Å². The third-order valence-corrected chi connectivity index (χ3v) is 2.87. The second-order valence-corrected chi connectivity index (χ2v) is 3.98. The lowest BCUT2D eigenvalue weighted by Gasteiger charge is -2.23. The highest BCUT2D eigenvalue weighted by Crippen LogP contribution is 2.27. The molecule has 0 radical (unpaired) electrons. The van der Waals surface area contributed by atoms with Crippen LogP contribution in [0.3, 0.4) is 0 Å². The fourth-order valence-corrected chi connectivity index (χ4v) is 1.88. The summed E-state index contributed by atoms with van der Waals surface area (Å²) in [5, 5.41) is 10.9. The summed E-state index contributed by atoms with van der Waals surface area (Å²) in [5.74, 6) is 1.58. The van der Waals surface area contributed by atoms with E-state index in [1.54, 1.807) is 0 Å². The maximum Gasteiger partial charge on any atom is 0.0859 e. The van der Waals surface area contributed by atoms with Crippen molar-refractivity contribution in [3.63, 3.8) is 0 Å². The van der Waals surface area contributed by atoms with Crippen molar-refractivity contribution < 1.29 is 0 Å². The van der Waals surface area contributed by atoms with Crippen LogP contribution in [0, 0.1) is 11.8 Å². The second-order valence-electron chi connectivity index (χ2n) is 3.98. The van der Waals surface area contributed by atoms with E-state index in [1.807, 2.05) is 0 Å². The number of H-pyrrole nitrogens is 1. The minimum absolute atomic E-state index is 0.773. The molecule has 1 aromatic rings. The monoisotopic (exact) mass is 165 g/mol. The Morgan fingerprint density at radius 1 is 1.50 bits per heavy atom. The van der Waals surface area contributed by atoms with E-state index in [-0.39, 0.29) is 0 Å². The molecule has 0 bridgehead atoms. The molecule has 0 aromatic carbocycles. The fraction of sp³-hybridized carbons (Fsp3) is 0.778. The Morgan fingerprint density at radius 3 is 3.08 bits per heavy atom. The zero-order chi connectivity index (χ0) is 8.55. The first-order chi connectivity index (χ1) is 5.77. The van der Waals surface area contributed by atoms with Gasteiger partial charge in [-0.2, -0.15) is 0 Å². The molecule has 3 nitrogen and oxygen atoms in total. The van der Waals surface area contributed by atoms with Crippen LogP contribution in [-0.2, 0) is 12.8 Å². The summed E-state index contributed by atoms with van der Waals surface area (Å²) in [4.78, 5) is 0. The quantitative estimate of drug-likeness (QED) is 0.686. The number of fused-ring (bicyclic) bond motifs is 1. The highest BCUT2D eigenvalue weighted by molar-refractivity contribution is 5.13. The lowest BCUT2D eigenvalue weighted by Crippen LogP contribution is -2.18. The molecule has 1 aliphatic carbocycles. The van der Waals surface area contributed by atoms with Gasteiger partial charge in [0.2, 0.25) is 0 Å². The summed E-state index contributed by atoms with van der Waals surface area (Å²) in [6, 6.07) is 0. The number of aryl methyl sites for hydroxylation is 1. The first-order valence-corrected chi connectivity index (χ1v) is 4.66. The van der Waals surface area contributed by atoms with Crippen molar-refractivity contribution in [2.45, 2.75) is 33.1 Å². The van der Waals surface area contributed by atoms with Crippen molar-refractivity contribution in [2.75, 3.05) is 0 Å². The molecule has 3 heteroatoms. The maximum absolute atomic E-state index is 4.08. The van der Waals surface area contributed by atoms with Crippen LogP contribution < -0.4 is 0 Å². The first-order valence-electron chi connectivity index (χ1n) is 4.66. The number of nitrogens with one attached hydrogen (secondary N) is 1. The Morgan fingerprint density at radius 2 is 2.33 bits per heavy atom. The van der Waals surface area contributed by atoms with Gasteiger partial charge in [-0.25, -0.2) is 0 Å². The van der Waals surface area contributed by atoms with E-state index in [0.717, 1.165) is 24.7 Å². The zero-order valence-corrected chi connectivity index (χ0v) is 7.67. The predicted molar refractivity (Wildman–Crippen MR) is 46.7 cm³/mol. The van der Waals surface area contributed by atoms with Gasteiger partial charge in [-0.05, 0) is 31.1 Å². The van der Waals surface area contributed by atoms with Gasteiger partial charge in [0.15, 0.2) is 0 Å². The Balaban J connectivity index is 2.15. The SMILES string of the molecule is CC(C)C1CCc2[nH]nnc2C1. The molecule has 1 atom stereocenters. The van der Waals surface area contributed by atoms with Gasteiger partial charge in [-0.3, -0.25) is 5.10 Å². The van der Waals surface area contributed by atoms with Crippen LogP contribution in [0.5, 0.6) is 0 Å². The van der Waals surface area contributed by atoms with Crippen LogP contribution in [0.25, 0.3) is 0 Å². The molecule has 1 heterocycles. The third-order valence-electron chi connectivity index (χ3n) is 2.87. The largest absolute Gasteiger partial charge is 0.262 e. The van der Waals surface area contributed by atoms with E-state index < -0.39 is 0 Å². The minimum Gasteiger partial charge on any atom is -0.262 e. The van der Waals surface area contributed by atoms with Crippen molar-refractivity contribution >= 4 is 0 Å². The van der Waals surface area contributed by atoms with E-state index >= 15 is 0 Å². The molecule has 0 saturated carbocycles. The maximum atomic E-state index is 4.08. The van der Waals surface area contributed by atoms with E-state index in [0.29, 0.717) is 0 Å². The van der Waals surface area contributed by atoms with Crippen LogP contribution in [0.1, 0.15) is 31.7 Å². The van der Waals surface area contributed by atoms with Gasteiger partial charge in [0, 0.05) is 0 Å². The van der Waals surface area contributed by atoms with Crippen molar-refractivity contribution in [1.82, 2.24) is 15.4 Å². The average molecular weight is 165 g/mol. The average Bonchev–Trinajstić information content (AvgIpc) is 2.49. The molecule has 0 fully saturated rings. The summed E-state index contributed by atoms with van der Waals surface area (Å²) < 4.78 is 0. The molecule has 66 valence electrons. The summed E-state index contributed by atoms with van der Waals surface area (Å²) in [6.45, 7) is 4.57. The Hall–Kier alpha value is -0.860. The van der Waals surface area contributed by atoms with E-state index in [2.05, 4.69) is 29.3 Å². The Kier molecular flexibility index (Phi) is 1.87. The lowest BCUT2D eigenvalue weighted by molar-refractivity contribution is 0.338. The summed E-state index contributed by atoms with van der Waals surface area (Å²) in [6.07, 6.45) is 3.53. The van der Waals surface area contributed by atoms with Crippen LogP contribution in [0.15, 0.2) is 0 Å². The number of aromatic nitrogens is 3. The van der Waals surface area contributed by atoms with E-state index in [4.69, 9.17) is 0 Å². The van der Waals surface area contributed by atoms with Crippen LogP contribution >= 0.6 is 0 Å². The normalized spacial score (nSPS) is 22.8. The lowest BCUT2D eigenvalue weighted by atomic mass is 9.82. The predicted octanol–water partition coefficient (Wildman–Crippen LogP) is 1.57. The molecule has 1 aliphatic rings. The molecule has 0 amide bonds. The van der Waals surface area contributed by atoms with Gasteiger partial charge in [-0.15, -0.1) is 5.10 Å². The van der Waals surface area contributed by atoms with Gasteiger partial charge < -0.3 is 0 Å². The molecule has 0 saturated heterocycles. The van der Waals surface area contributed by atoms with Crippen molar-refractivity contribution in [3.05, 3.63) is 11.4 Å². The summed E-state index contributed by atoms with van der Waals surface area (Å²) >= 11 is 0. The van der Waals surface area contributed by atoms with Crippen LogP contribution in [0.2, 0.25) is 0 Å². The molecule has 0 aliphatic heterocycles. The molecule has 2 rings (SSSR count). The number of aromatic amines is 1. The molecular formula is C9H15N3. The van der Waals surface area contributed by atoms with Crippen LogP contribution in [0.4, 0.5) is 0 Å². The Labute approximate surface area is 72.6 Å². The summed E-state index contributed by atoms with van der Waals surface area (Å²) in [7, 11) is 0. The van der Waals surface area contributed by atoms with Gasteiger partial charge in [-0.1, -0.05) is 19.1 Å². The number of hydrogen-bond acceptors (Lipinski definition) is 2. The highest BCUT2D eigenvalue weighted by Gasteiger charge is 2.23. The number of rotatable bonds is 1. The third kappa shape index (κ3) is 1.24. The smallest absolute Gasteiger partial charge is 0.0859 e. The van der Waals surface area contributed by atoms with Gasteiger partial charge in [0.1, 0.15) is 0 Å². The van der Waals surface area contributed by atoms with Gasteiger partial charge >= 0.3 is 0 Å². The van der Waals surface area contributed by atoms with E-state index in [9.17, 15) is 0 Å². The van der Waals surface area contributed by atoms with Crippen molar-refractivity contribution in [3.8, 4) is 0 Å². The molecular weight excluding hydrogens is 150 g/mol. The topological polar surface area (TPSA) is 41.6 Å². The fourth-order valence-electron chi connectivity index (χ4n) is 1.88. The van der Waals surface area contributed by atoms with Crippen molar-refractivity contribution in [1.29, 1.82) is 0 Å². The zero-order valence-electron chi connectivity index (χ0n) is 7.67. The second kappa shape index (κ2) is 2.88. The standard InChI is InChI=1S/C9H15N3/c1-6(2)7-3-4-8-9(5-7)11-12-10-8/h6-7H,3-5H2,1-2H3,(H,10,11,12). The number of nitrogens with zero attached hydrogens (tertiary/aromatic N) is 2. The summed E-state index contributed by atoms with van der Waals surface area (Å²) in [5.41, 5.74) is 2.45. The van der Waals surface area contributed by atoms with Gasteiger partial charge in [0.05, 0.1) is 11.4 Å². The molecule has 1 unspecified atom stereocenters.